The number of aliphatic carboxylic acids is 1. The van der Waals surface area contributed by atoms with E-state index in [1.54, 1.807) is 58.3 Å². The summed E-state index contributed by atoms with van der Waals surface area (Å²) in [6.07, 6.45) is 0. The van der Waals surface area contributed by atoms with Gasteiger partial charge in [-0.25, -0.2) is 0 Å². The molecule has 0 spiro atoms. The molecule has 9 nitrogen and oxygen atoms in total. The molecule has 3 N–H and O–H groups in total. The summed E-state index contributed by atoms with van der Waals surface area (Å²) in [5.74, 6) is -1.37. The van der Waals surface area contributed by atoms with Crippen molar-refractivity contribution in [2.24, 2.45) is 11.8 Å². The number of hydrogen-bond donors (Lipinski definition) is 3. The van der Waals surface area contributed by atoms with Crippen LogP contribution < -0.4 is 20.4 Å². The Kier molecular flexibility index (Phi) is 11.9. The van der Waals surface area contributed by atoms with Crippen LogP contribution in [0, 0.1) is 11.8 Å². The predicted octanol–water partition coefficient (Wildman–Crippen LogP) is 6.72. The van der Waals surface area contributed by atoms with E-state index in [1.807, 2.05) is 68.4 Å². The summed E-state index contributed by atoms with van der Waals surface area (Å²) < 4.78 is 0. The van der Waals surface area contributed by atoms with Gasteiger partial charge in [-0.05, 0) is 90.2 Å². The van der Waals surface area contributed by atoms with Gasteiger partial charge in [-0.3, -0.25) is 19.2 Å². The smallest absolute Gasteiger partial charge is 0.322 e. The van der Waals surface area contributed by atoms with Crippen molar-refractivity contribution >= 4 is 40.8 Å². The molecule has 0 heterocycles. The molecule has 0 saturated carbocycles. The van der Waals surface area contributed by atoms with Crippen molar-refractivity contribution in [1.82, 2.24) is 5.32 Å². The first kappa shape index (κ1) is 34.4. The van der Waals surface area contributed by atoms with Crippen molar-refractivity contribution in [3.63, 3.8) is 0 Å². The number of nitrogens with one attached hydrogen (secondary N) is 2. The van der Waals surface area contributed by atoms with Gasteiger partial charge in [-0.1, -0.05) is 58.0 Å². The molecule has 4 rings (SSSR count). The van der Waals surface area contributed by atoms with Gasteiger partial charge in [0.15, 0.2) is 0 Å². The average molecular weight is 635 g/mol. The van der Waals surface area contributed by atoms with Crippen LogP contribution in [-0.2, 0) is 11.3 Å². The summed E-state index contributed by atoms with van der Waals surface area (Å²) in [4.78, 5) is 54.2. The monoisotopic (exact) mass is 634 g/mol. The lowest BCUT2D eigenvalue weighted by molar-refractivity contribution is -0.135. The van der Waals surface area contributed by atoms with Crippen LogP contribution in [0.5, 0.6) is 0 Å². The highest BCUT2D eigenvalue weighted by atomic mass is 16.4. The van der Waals surface area contributed by atoms with Gasteiger partial charge in [-0.15, -0.1) is 0 Å². The minimum absolute atomic E-state index is 0.155. The Morgan fingerprint density at radius 2 is 1.15 bits per heavy atom. The minimum Gasteiger partial charge on any atom is -0.480 e. The third kappa shape index (κ3) is 9.77. The lowest BCUT2D eigenvalue weighted by Gasteiger charge is -2.26. The predicted molar refractivity (Wildman–Crippen MR) is 186 cm³/mol. The first-order valence-corrected chi connectivity index (χ1v) is 15.7. The van der Waals surface area contributed by atoms with E-state index in [9.17, 15) is 19.2 Å². The summed E-state index contributed by atoms with van der Waals surface area (Å²) >= 11 is 0. The Morgan fingerprint density at radius 3 is 1.68 bits per heavy atom. The highest BCUT2D eigenvalue weighted by Crippen LogP contribution is 2.25. The third-order valence-electron chi connectivity index (χ3n) is 7.34. The number of carboxylic acid groups (broad SMARTS) is 1. The van der Waals surface area contributed by atoms with Crippen LogP contribution in [0.2, 0.25) is 0 Å². The molecule has 0 fully saturated rings. The molecule has 0 aliphatic heterocycles. The zero-order valence-corrected chi connectivity index (χ0v) is 27.3. The van der Waals surface area contributed by atoms with E-state index in [0.717, 1.165) is 17.8 Å². The van der Waals surface area contributed by atoms with Crippen molar-refractivity contribution in [2.45, 2.75) is 34.2 Å². The average Bonchev–Trinajstić information content (AvgIpc) is 3.07. The molecule has 0 atom stereocenters. The van der Waals surface area contributed by atoms with Gasteiger partial charge >= 0.3 is 5.97 Å². The Balaban J connectivity index is 1.57. The van der Waals surface area contributed by atoms with E-state index in [4.69, 9.17) is 5.11 Å². The van der Waals surface area contributed by atoms with E-state index in [-0.39, 0.29) is 17.7 Å². The number of benzene rings is 4. The minimum atomic E-state index is -1.13. The van der Waals surface area contributed by atoms with Crippen molar-refractivity contribution in [1.29, 1.82) is 0 Å². The maximum Gasteiger partial charge on any atom is 0.322 e. The molecule has 3 amide bonds. The molecule has 0 aliphatic carbocycles. The quantitative estimate of drug-likeness (QED) is 0.142. The molecular formula is C38H42N4O5. The summed E-state index contributed by atoms with van der Waals surface area (Å²) in [6, 6.07) is 30.7. The fourth-order valence-electron chi connectivity index (χ4n) is 4.92. The highest BCUT2D eigenvalue weighted by Gasteiger charge is 2.22. The lowest BCUT2D eigenvalue weighted by Crippen LogP contribution is -2.34. The lowest BCUT2D eigenvalue weighted by atomic mass is 10.1. The van der Waals surface area contributed by atoms with Crippen LogP contribution in [0.1, 0.15) is 64.3 Å². The molecule has 47 heavy (non-hydrogen) atoms. The van der Waals surface area contributed by atoms with Crippen molar-refractivity contribution in [3.05, 3.63) is 125 Å². The van der Waals surface area contributed by atoms with Gasteiger partial charge in [0.05, 0.1) is 6.54 Å². The topological polar surface area (TPSA) is 119 Å². The number of anilines is 3. The summed E-state index contributed by atoms with van der Waals surface area (Å²) in [5.41, 5.74) is 4.49. The fourth-order valence-corrected chi connectivity index (χ4v) is 4.92. The Hall–Kier alpha value is -5.44. The van der Waals surface area contributed by atoms with Crippen molar-refractivity contribution < 1.29 is 24.3 Å². The molecule has 9 heteroatoms. The molecule has 0 aliphatic rings. The van der Waals surface area contributed by atoms with Gasteiger partial charge in [0.25, 0.3) is 17.7 Å². The largest absolute Gasteiger partial charge is 0.480 e. The highest BCUT2D eigenvalue weighted by molar-refractivity contribution is 6.08. The summed E-state index contributed by atoms with van der Waals surface area (Å²) in [5, 5.41) is 14.5. The number of rotatable bonds is 14. The number of amides is 3. The van der Waals surface area contributed by atoms with E-state index in [2.05, 4.69) is 24.5 Å². The Morgan fingerprint density at radius 1 is 0.638 bits per heavy atom. The molecule has 0 aromatic heterocycles. The normalized spacial score (nSPS) is 10.9. The zero-order valence-electron chi connectivity index (χ0n) is 27.3. The van der Waals surface area contributed by atoms with Gasteiger partial charge in [0, 0.05) is 46.8 Å². The molecule has 0 bridgehead atoms. The first-order valence-electron chi connectivity index (χ1n) is 15.7. The third-order valence-corrected chi connectivity index (χ3v) is 7.34. The maximum atomic E-state index is 13.9. The Bertz CT molecular complexity index is 1650. The fraction of sp³-hybridized carbons (Fsp3) is 0.263. The van der Waals surface area contributed by atoms with Crippen LogP contribution in [0.3, 0.4) is 0 Å². The summed E-state index contributed by atoms with van der Waals surface area (Å²) in [7, 11) is 0. The van der Waals surface area contributed by atoms with Crippen LogP contribution in [0.4, 0.5) is 17.1 Å². The number of nitrogens with zero attached hydrogens (tertiary/aromatic N) is 2. The molecule has 4 aromatic rings. The second-order valence-corrected chi connectivity index (χ2v) is 12.2. The second kappa shape index (κ2) is 16.2. The SMILES string of the molecule is CC(C)CNc1ccc(C(=O)N(Cc2ccccc2)c2ccc(C(=O)N(CC(C)C)c3ccc(C(=O)NCC(=O)O)cc3)cc2)cc1. The second-order valence-electron chi connectivity index (χ2n) is 12.2. The standard InChI is InChI=1S/C38H42N4O5/c1-26(2)22-39-32-16-10-30(11-17-32)38(47)42(25-28-8-6-5-7-9-28)34-20-14-31(15-21-34)37(46)41(24-27(3)4)33-18-12-29(13-19-33)36(45)40-23-35(43)44/h5-21,26-27,39H,22-25H2,1-4H3,(H,40,45)(H,43,44). The molecule has 0 radical (unpaired) electrons. The molecule has 0 saturated heterocycles. The molecule has 244 valence electrons. The zero-order chi connectivity index (χ0) is 33.9. The van der Waals surface area contributed by atoms with Crippen molar-refractivity contribution in [3.8, 4) is 0 Å². The van der Waals surface area contributed by atoms with Gasteiger partial charge in [0.1, 0.15) is 6.54 Å². The van der Waals surface area contributed by atoms with Crippen LogP contribution >= 0.6 is 0 Å². The van der Waals surface area contributed by atoms with Crippen LogP contribution in [0.15, 0.2) is 103 Å². The van der Waals surface area contributed by atoms with Gasteiger partial charge in [-0.2, -0.15) is 0 Å². The molecule has 0 unspecified atom stereocenters. The van der Waals surface area contributed by atoms with E-state index in [0.29, 0.717) is 47.1 Å². The molecule has 4 aromatic carbocycles. The van der Waals surface area contributed by atoms with Gasteiger partial charge in [0.2, 0.25) is 0 Å². The summed E-state index contributed by atoms with van der Waals surface area (Å²) in [6.45, 7) is 9.45. The number of hydrogen-bond acceptors (Lipinski definition) is 5. The number of carbonyl (C=O) groups is 4. The van der Waals surface area contributed by atoms with Crippen LogP contribution in [0.25, 0.3) is 0 Å². The number of carbonyl (C=O) groups excluding carboxylic acids is 3. The van der Waals surface area contributed by atoms with Gasteiger partial charge < -0.3 is 25.5 Å². The first-order chi connectivity index (χ1) is 22.5. The maximum absolute atomic E-state index is 13.9. The van der Waals surface area contributed by atoms with Crippen molar-refractivity contribution in [2.75, 3.05) is 34.8 Å². The van der Waals surface area contributed by atoms with Crippen LogP contribution in [-0.4, -0.2) is 48.4 Å². The van der Waals surface area contributed by atoms with E-state index in [1.165, 1.54) is 0 Å². The molecular weight excluding hydrogens is 592 g/mol. The van der Waals surface area contributed by atoms with E-state index < -0.39 is 18.4 Å². The number of carboxylic acids is 1. The Labute approximate surface area is 276 Å². The van der Waals surface area contributed by atoms with E-state index >= 15 is 0 Å².